The topological polar surface area (TPSA) is 101 Å². The number of likely N-dealkylation sites (tertiary alicyclic amines) is 1. The van der Waals surface area contributed by atoms with Gasteiger partial charge in [-0.15, -0.1) is 0 Å². The number of aryl methyl sites for hydroxylation is 1. The first-order valence-corrected chi connectivity index (χ1v) is 10.9. The number of pyridine rings is 1. The summed E-state index contributed by atoms with van der Waals surface area (Å²) < 4.78 is 6.02. The summed E-state index contributed by atoms with van der Waals surface area (Å²) in [6.07, 6.45) is 3.41. The lowest BCUT2D eigenvalue weighted by Crippen LogP contribution is -2.45. The molecule has 2 aliphatic heterocycles. The molecule has 32 heavy (non-hydrogen) atoms. The second-order valence-electron chi connectivity index (χ2n) is 9.07. The van der Waals surface area contributed by atoms with Crippen LogP contribution in [0.15, 0.2) is 36.5 Å². The molecule has 0 saturated carbocycles. The maximum atomic E-state index is 13.0. The van der Waals surface area contributed by atoms with Gasteiger partial charge in [0.1, 0.15) is 11.4 Å². The Kier molecular flexibility index (Phi) is 5.86. The summed E-state index contributed by atoms with van der Waals surface area (Å²) in [6, 6.07) is 8.50. The molecular formula is C24H28N4O4. The molecule has 168 valence electrons. The zero-order chi connectivity index (χ0) is 22.9. The van der Waals surface area contributed by atoms with E-state index in [-0.39, 0.29) is 30.1 Å². The van der Waals surface area contributed by atoms with E-state index in [1.807, 2.05) is 26.8 Å². The highest BCUT2D eigenvalue weighted by molar-refractivity contribution is 6.03. The van der Waals surface area contributed by atoms with Gasteiger partial charge in [-0.3, -0.25) is 9.59 Å². The molecule has 1 saturated heterocycles. The summed E-state index contributed by atoms with van der Waals surface area (Å²) in [5.41, 5.74) is 1.32. The highest BCUT2D eigenvalue weighted by atomic mass is 16.5. The van der Waals surface area contributed by atoms with Crippen LogP contribution in [0.2, 0.25) is 0 Å². The predicted octanol–water partition coefficient (Wildman–Crippen LogP) is 4.02. The van der Waals surface area contributed by atoms with E-state index in [0.717, 1.165) is 12.0 Å². The van der Waals surface area contributed by atoms with Crippen molar-refractivity contribution in [2.75, 3.05) is 23.7 Å². The number of carbonyl (C=O) groups excluding carboxylic acids is 3. The zero-order valence-electron chi connectivity index (χ0n) is 18.6. The van der Waals surface area contributed by atoms with Crippen LogP contribution < -0.4 is 15.4 Å². The molecule has 1 fully saturated rings. The minimum Gasteiger partial charge on any atom is -0.484 e. The quantitative estimate of drug-likeness (QED) is 0.757. The van der Waals surface area contributed by atoms with Crippen LogP contribution in [0.3, 0.4) is 0 Å². The molecule has 4 rings (SSSR count). The highest BCUT2D eigenvalue weighted by Gasteiger charge is 2.35. The number of carbonyl (C=O) groups is 3. The van der Waals surface area contributed by atoms with Gasteiger partial charge in [0.15, 0.2) is 11.5 Å². The van der Waals surface area contributed by atoms with E-state index in [4.69, 9.17) is 4.74 Å². The fraction of sp³-hybridized carbons (Fsp3) is 0.417. The van der Waals surface area contributed by atoms with Crippen LogP contribution in [0.1, 0.15) is 49.0 Å². The fourth-order valence-corrected chi connectivity index (χ4v) is 4.10. The normalized spacial score (nSPS) is 19.5. The standard InChI is InChI=1S/C24H28N4O4/c1-15-9-10-20(25-13-15)27-22(30)16-6-5-11-28(14-16)23(31)26-18-8-4-7-17-19(29)12-24(2,3)32-21(17)18/h4,7-10,13,16H,5-6,11-12,14H2,1-3H3,(H,26,31)(H,25,27,30). The van der Waals surface area contributed by atoms with Crippen molar-refractivity contribution < 1.29 is 19.1 Å². The number of nitrogens with one attached hydrogen (secondary N) is 2. The average molecular weight is 437 g/mol. The van der Waals surface area contributed by atoms with Crippen LogP contribution >= 0.6 is 0 Å². The Balaban J connectivity index is 1.43. The van der Waals surface area contributed by atoms with Crippen molar-refractivity contribution in [3.8, 4) is 5.75 Å². The number of fused-ring (bicyclic) bond motifs is 1. The number of aromatic nitrogens is 1. The Morgan fingerprint density at radius 2 is 2.00 bits per heavy atom. The fourth-order valence-electron chi connectivity index (χ4n) is 4.10. The number of Topliss-reactive ketones (excluding diaryl/α,β-unsaturated/α-hetero) is 1. The van der Waals surface area contributed by atoms with Gasteiger partial charge in [-0.25, -0.2) is 9.78 Å². The molecule has 0 spiro atoms. The molecule has 0 radical (unpaired) electrons. The number of rotatable bonds is 3. The van der Waals surface area contributed by atoms with Crippen LogP contribution in [-0.2, 0) is 4.79 Å². The first-order chi connectivity index (χ1) is 15.2. The molecule has 3 heterocycles. The van der Waals surface area contributed by atoms with Gasteiger partial charge in [-0.1, -0.05) is 12.1 Å². The number of amides is 3. The van der Waals surface area contributed by atoms with Crippen molar-refractivity contribution in [1.82, 2.24) is 9.88 Å². The van der Waals surface area contributed by atoms with Crippen LogP contribution in [0, 0.1) is 12.8 Å². The van der Waals surface area contributed by atoms with Gasteiger partial charge in [-0.05, 0) is 57.4 Å². The molecule has 1 aromatic carbocycles. The predicted molar refractivity (Wildman–Crippen MR) is 121 cm³/mol. The Morgan fingerprint density at radius 1 is 1.19 bits per heavy atom. The molecule has 1 aromatic heterocycles. The summed E-state index contributed by atoms with van der Waals surface area (Å²) in [6.45, 7) is 6.50. The number of hydrogen-bond donors (Lipinski definition) is 2. The molecule has 2 N–H and O–H groups in total. The Morgan fingerprint density at radius 3 is 2.75 bits per heavy atom. The molecule has 8 heteroatoms. The van der Waals surface area contributed by atoms with Crippen molar-refractivity contribution in [3.63, 3.8) is 0 Å². The lowest BCUT2D eigenvalue weighted by Gasteiger charge is -2.34. The van der Waals surface area contributed by atoms with Crippen molar-refractivity contribution in [2.24, 2.45) is 5.92 Å². The lowest BCUT2D eigenvalue weighted by atomic mass is 9.92. The van der Waals surface area contributed by atoms with Gasteiger partial charge in [0.2, 0.25) is 5.91 Å². The van der Waals surface area contributed by atoms with Crippen molar-refractivity contribution in [1.29, 1.82) is 0 Å². The van der Waals surface area contributed by atoms with Crippen LogP contribution in [0.25, 0.3) is 0 Å². The Labute approximate surface area is 187 Å². The summed E-state index contributed by atoms with van der Waals surface area (Å²) in [5, 5.41) is 5.72. The van der Waals surface area contributed by atoms with E-state index < -0.39 is 5.60 Å². The molecule has 0 aliphatic carbocycles. The number of ether oxygens (including phenoxy) is 1. The monoisotopic (exact) mass is 436 g/mol. The minimum atomic E-state index is -0.636. The maximum Gasteiger partial charge on any atom is 0.321 e. The van der Waals surface area contributed by atoms with Crippen molar-refractivity contribution in [2.45, 2.75) is 45.6 Å². The Bertz CT molecular complexity index is 1050. The zero-order valence-corrected chi connectivity index (χ0v) is 18.6. The first-order valence-electron chi connectivity index (χ1n) is 10.9. The largest absolute Gasteiger partial charge is 0.484 e. The van der Waals surface area contributed by atoms with E-state index in [9.17, 15) is 14.4 Å². The van der Waals surface area contributed by atoms with Crippen LogP contribution in [-0.4, -0.2) is 46.3 Å². The number of urea groups is 1. The average Bonchev–Trinajstić information content (AvgIpc) is 2.75. The number of anilines is 2. The van der Waals surface area contributed by atoms with Gasteiger partial charge < -0.3 is 20.3 Å². The third-order valence-electron chi connectivity index (χ3n) is 5.76. The third kappa shape index (κ3) is 4.74. The molecular weight excluding hydrogens is 408 g/mol. The van der Waals surface area contributed by atoms with Crippen molar-refractivity contribution >= 4 is 29.2 Å². The Hall–Kier alpha value is -3.42. The van der Waals surface area contributed by atoms with Crippen LogP contribution in [0.4, 0.5) is 16.3 Å². The molecule has 1 unspecified atom stereocenters. The molecule has 3 amide bonds. The number of hydrogen-bond acceptors (Lipinski definition) is 5. The van der Waals surface area contributed by atoms with Gasteiger partial charge in [0.05, 0.1) is 23.6 Å². The smallest absolute Gasteiger partial charge is 0.321 e. The summed E-state index contributed by atoms with van der Waals surface area (Å²) in [7, 11) is 0. The minimum absolute atomic E-state index is 0.00762. The van der Waals surface area contributed by atoms with Crippen molar-refractivity contribution in [3.05, 3.63) is 47.7 Å². The first kappa shape index (κ1) is 21.8. The van der Waals surface area contributed by atoms with E-state index >= 15 is 0 Å². The lowest BCUT2D eigenvalue weighted by molar-refractivity contribution is -0.121. The SMILES string of the molecule is Cc1ccc(NC(=O)C2CCCN(C(=O)Nc3cccc4c3OC(C)(C)CC4=O)C2)nc1. The van der Waals surface area contributed by atoms with E-state index in [1.165, 1.54) is 0 Å². The number of para-hydroxylation sites is 1. The van der Waals surface area contributed by atoms with Gasteiger partial charge >= 0.3 is 6.03 Å². The molecule has 8 nitrogen and oxygen atoms in total. The molecule has 2 aromatic rings. The summed E-state index contributed by atoms with van der Waals surface area (Å²) >= 11 is 0. The van der Waals surface area contributed by atoms with E-state index in [1.54, 1.807) is 35.4 Å². The summed E-state index contributed by atoms with van der Waals surface area (Å²) in [5.74, 6) is 0.429. The van der Waals surface area contributed by atoms with E-state index in [0.29, 0.717) is 42.3 Å². The molecule has 0 bridgehead atoms. The van der Waals surface area contributed by atoms with Gasteiger partial charge in [0.25, 0.3) is 0 Å². The van der Waals surface area contributed by atoms with Gasteiger partial charge in [-0.2, -0.15) is 0 Å². The number of benzene rings is 1. The number of piperidine rings is 1. The maximum absolute atomic E-state index is 13.0. The van der Waals surface area contributed by atoms with Crippen LogP contribution in [0.5, 0.6) is 5.75 Å². The summed E-state index contributed by atoms with van der Waals surface area (Å²) in [4.78, 5) is 44.0. The third-order valence-corrected chi connectivity index (χ3v) is 5.76. The number of ketones is 1. The highest BCUT2D eigenvalue weighted by Crippen LogP contribution is 2.38. The second kappa shape index (κ2) is 8.61. The van der Waals surface area contributed by atoms with Gasteiger partial charge in [0, 0.05) is 19.3 Å². The second-order valence-corrected chi connectivity index (χ2v) is 9.07. The molecule has 2 aliphatic rings. The number of nitrogens with zero attached hydrogens (tertiary/aromatic N) is 2. The van der Waals surface area contributed by atoms with E-state index in [2.05, 4.69) is 15.6 Å². The molecule has 1 atom stereocenters.